The van der Waals surface area contributed by atoms with Gasteiger partial charge in [0.1, 0.15) is 5.75 Å². The van der Waals surface area contributed by atoms with Crippen LogP contribution < -0.4 is 5.32 Å². The van der Waals surface area contributed by atoms with E-state index >= 15 is 0 Å². The van der Waals surface area contributed by atoms with Gasteiger partial charge in [-0.1, -0.05) is 0 Å². The minimum absolute atomic E-state index is 0.133. The standard InChI is InChI=1S/C6H15NO6S/c8-2-5(3-9)7-1-6(10)4-14(11,12)13/h5-10H,1-4H2,(H,11,12,13). The third kappa shape index (κ3) is 7.18. The average molecular weight is 229 g/mol. The van der Waals surface area contributed by atoms with Crippen LogP contribution in [0.5, 0.6) is 0 Å². The van der Waals surface area contributed by atoms with Crippen LogP contribution in [-0.4, -0.2) is 65.9 Å². The van der Waals surface area contributed by atoms with Crippen molar-refractivity contribution in [1.29, 1.82) is 0 Å². The first kappa shape index (κ1) is 13.8. The van der Waals surface area contributed by atoms with Gasteiger partial charge in [-0.15, -0.1) is 0 Å². The molecule has 0 saturated carbocycles. The number of aliphatic hydroxyl groups excluding tert-OH is 3. The zero-order valence-electron chi connectivity index (χ0n) is 7.50. The first-order valence-corrected chi connectivity index (χ1v) is 5.58. The molecule has 0 aromatic heterocycles. The van der Waals surface area contributed by atoms with Gasteiger partial charge in [0.2, 0.25) is 0 Å². The van der Waals surface area contributed by atoms with Gasteiger partial charge in [0.25, 0.3) is 10.1 Å². The second-order valence-electron chi connectivity index (χ2n) is 2.87. The van der Waals surface area contributed by atoms with E-state index in [1.165, 1.54) is 0 Å². The molecule has 0 aromatic carbocycles. The Kier molecular flexibility index (Phi) is 6.16. The quantitative estimate of drug-likeness (QED) is 0.298. The van der Waals surface area contributed by atoms with Crippen LogP contribution in [0.4, 0.5) is 0 Å². The molecule has 0 rings (SSSR count). The van der Waals surface area contributed by atoms with E-state index in [1.807, 2.05) is 0 Å². The predicted molar refractivity (Wildman–Crippen MR) is 48.4 cm³/mol. The lowest BCUT2D eigenvalue weighted by molar-refractivity contribution is 0.143. The molecule has 7 nitrogen and oxygen atoms in total. The smallest absolute Gasteiger partial charge is 0.267 e. The van der Waals surface area contributed by atoms with Crippen LogP contribution in [0.3, 0.4) is 0 Å². The summed E-state index contributed by atoms with van der Waals surface area (Å²) in [5, 5.41) is 28.8. The highest BCUT2D eigenvalue weighted by atomic mass is 32.2. The zero-order chi connectivity index (χ0) is 11.2. The van der Waals surface area contributed by atoms with Crippen molar-refractivity contribution in [1.82, 2.24) is 5.32 Å². The summed E-state index contributed by atoms with van der Waals surface area (Å²) < 4.78 is 28.9. The summed E-state index contributed by atoms with van der Waals surface area (Å²) in [6.07, 6.45) is -1.27. The molecule has 0 aromatic rings. The average Bonchev–Trinajstić information content (AvgIpc) is 2.03. The predicted octanol–water partition coefficient (Wildman–Crippen LogP) is -2.82. The highest BCUT2D eigenvalue weighted by Crippen LogP contribution is 1.90. The van der Waals surface area contributed by atoms with Gasteiger partial charge in [0.05, 0.1) is 25.4 Å². The molecule has 5 N–H and O–H groups in total. The molecule has 0 aliphatic carbocycles. The number of nitrogens with one attached hydrogen (secondary N) is 1. The van der Waals surface area contributed by atoms with E-state index in [0.29, 0.717) is 0 Å². The lowest BCUT2D eigenvalue weighted by Gasteiger charge is -2.15. The topological polar surface area (TPSA) is 127 Å². The molecule has 0 radical (unpaired) electrons. The fraction of sp³-hybridized carbons (Fsp3) is 1.00. The number of hydrogen-bond acceptors (Lipinski definition) is 6. The fourth-order valence-corrected chi connectivity index (χ4v) is 1.40. The van der Waals surface area contributed by atoms with Crippen molar-refractivity contribution in [3.63, 3.8) is 0 Å². The molecule has 0 heterocycles. The van der Waals surface area contributed by atoms with Gasteiger partial charge in [0.15, 0.2) is 0 Å². The van der Waals surface area contributed by atoms with Crippen LogP contribution in [-0.2, 0) is 10.1 Å². The van der Waals surface area contributed by atoms with Crippen molar-refractivity contribution in [2.45, 2.75) is 12.1 Å². The lowest BCUT2D eigenvalue weighted by atomic mass is 10.3. The molecule has 86 valence electrons. The highest BCUT2D eigenvalue weighted by molar-refractivity contribution is 7.85. The third-order valence-electron chi connectivity index (χ3n) is 1.49. The van der Waals surface area contributed by atoms with Gasteiger partial charge in [-0.3, -0.25) is 4.55 Å². The highest BCUT2D eigenvalue weighted by Gasteiger charge is 2.15. The number of hydrogen-bond donors (Lipinski definition) is 5. The molecule has 0 aliphatic heterocycles. The van der Waals surface area contributed by atoms with Crippen molar-refractivity contribution in [2.24, 2.45) is 0 Å². The van der Waals surface area contributed by atoms with Gasteiger partial charge in [-0.2, -0.15) is 8.42 Å². The minimum Gasteiger partial charge on any atom is -0.395 e. The first-order valence-electron chi connectivity index (χ1n) is 3.97. The Bertz CT molecular complexity index is 237. The van der Waals surface area contributed by atoms with E-state index in [1.54, 1.807) is 0 Å². The van der Waals surface area contributed by atoms with Crippen molar-refractivity contribution < 1.29 is 28.3 Å². The summed E-state index contributed by atoms with van der Waals surface area (Å²) in [6.45, 7) is -0.782. The zero-order valence-corrected chi connectivity index (χ0v) is 8.31. The summed E-state index contributed by atoms with van der Waals surface area (Å²) in [5.74, 6) is -0.774. The maximum atomic E-state index is 10.3. The van der Waals surface area contributed by atoms with E-state index < -0.39 is 28.0 Å². The van der Waals surface area contributed by atoms with Crippen LogP contribution in [0.25, 0.3) is 0 Å². The van der Waals surface area contributed by atoms with E-state index in [9.17, 15) is 8.42 Å². The Morgan fingerprint density at radius 2 is 1.71 bits per heavy atom. The molecule has 1 unspecified atom stereocenters. The van der Waals surface area contributed by atoms with Crippen LogP contribution in [0.15, 0.2) is 0 Å². The van der Waals surface area contributed by atoms with E-state index in [2.05, 4.69) is 5.32 Å². The SMILES string of the molecule is O=S(=O)(O)CC(O)CNC(CO)CO. The molecule has 0 aliphatic rings. The number of aliphatic hydroxyl groups is 3. The second kappa shape index (κ2) is 6.27. The summed E-state index contributed by atoms with van der Waals surface area (Å²) in [4.78, 5) is 0. The molecule has 0 amide bonds. The molecule has 1 atom stereocenters. The molecule has 0 bridgehead atoms. The van der Waals surface area contributed by atoms with Gasteiger partial charge >= 0.3 is 0 Å². The second-order valence-corrected chi connectivity index (χ2v) is 4.37. The van der Waals surface area contributed by atoms with Gasteiger partial charge in [-0.25, -0.2) is 0 Å². The Balaban J connectivity index is 3.79. The van der Waals surface area contributed by atoms with E-state index in [-0.39, 0.29) is 19.8 Å². The molecular weight excluding hydrogens is 214 g/mol. The van der Waals surface area contributed by atoms with E-state index in [0.717, 1.165) is 0 Å². The Labute approximate surface area is 82.1 Å². The summed E-state index contributed by atoms with van der Waals surface area (Å²) in [6, 6.07) is -0.606. The van der Waals surface area contributed by atoms with Crippen molar-refractivity contribution in [3.05, 3.63) is 0 Å². The monoisotopic (exact) mass is 229 g/mol. The van der Waals surface area contributed by atoms with Gasteiger partial charge < -0.3 is 20.6 Å². The summed E-state index contributed by atoms with van der Waals surface area (Å²) in [7, 11) is -4.20. The minimum atomic E-state index is -4.20. The fourth-order valence-electron chi connectivity index (χ4n) is 0.792. The maximum Gasteiger partial charge on any atom is 0.267 e. The van der Waals surface area contributed by atoms with Crippen LogP contribution >= 0.6 is 0 Å². The summed E-state index contributed by atoms with van der Waals surface area (Å²) in [5.41, 5.74) is 0. The normalized spacial score (nSPS) is 14.6. The Morgan fingerprint density at radius 1 is 1.21 bits per heavy atom. The van der Waals surface area contributed by atoms with Crippen LogP contribution in [0.1, 0.15) is 0 Å². The molecule has 0 saturated heterocycles. The molecule has 0 fully saturated rings. The van der Waals surface area contributed by atoms with Crippen molar-refractivity contribution >= 4 is 10.1 Å². The van der Waals surface area contributed by atoms with Crippen LogP contribution in [0.2, 0.25) is 0 Å². The van der Waals surface area contributed by atoms with Gasteiger partial charge in [-0.05, 0) is 0 Å². The number of rotatable bonds is 7. The first-order chi connectivity index (χ1) is 6.39. The summed E-state index contributed by atoms with van der Waals surface area (Å²) >= 11 is 0. The van der Waals surface area contributed by atoms with Crippen LogP contribution in [0, 0.1) is 0 Å². The Hall–Kier alpha value is -0.250. The molecule has 8 heteroatoms. The Morgan fingerprint density at radius 3 is 2.07 bits per heavy atom. The van der Waals surface area contributed by atoms with E-state index in [4.69, 9.17) is 19.9 Å². The maximum absolute atomic E-state index is 10.3. The largest absolute Gasteiger partial charge is 0.395 e. The van der Waals surface area contributed by atoms with Gasteiger partial charge in [0, 0.05) is 6.54 Å². The van der Waals surface area contributed by atoms with Crippen molar-refractivity contribution in [3.8, 4) is 0 Å². The molecule has 0 spiro atoms. The molecule has 14 heavy (non-hydrogen) atoms. The molecular formula is C6H15NO6S. The van der Waals surface area contributed by atoms with Crippen molar-refractivity contribution in [2.75, 3.05) is 25.5 Å². The lowest BCUT2D eigenvalue weighted by Crippen LogP contribution is -2.42. The third-order valence-corrected chi connectivity index (χ3v) is 2.29.